The molecule has 7 heteroatoms. The highest BCUT2D eigenvalue weighted by atomic mass is 17.2. The normalized spacial score (nSPS) is 23.1. The monoisotopic (exact) mass is 269 g/mol. The Morgan fingerprint density at radius 3 is 3.05 bits per heavy atom. The highest BCUT2D eigenvalue weighted by Gasteiger charge is 2.27. The van der Waals surface area contributed by atoms with Crippen molar-refractivity contribution in [2.45, 2.75) is 18.6 Å². The van der Waals surface area contributed by atoms with E-state index in [1.807, 2.05) is 0 Å². The van der Waals surface area contributed by atoms with Crippen LogP contribution in [0.4, 0.5) is 0 Å². The van der Waals surface area contributed by atoms with Crippen LogP contribution in [0.15, 0.2) is 23.1 Å². The number of aliphatic hydroxyl groups is 1. The maximum absolute atomic E-state index is 12.2. The molecule has 1 N–H and O–H groups in total. The molecule has 0 amide bonds. The fraction of sp³-hybridized carbons (Fsp3) is 0.500. The second-order valence-corrected chi connectivity index (χ2v) is 4.17. The van der Waals surface area contributed by atoms with E-state index < -0.39 is 23.7 Å². The van der Waals surface area contributed by atoms with Crippen molar-refractivity contribution < 1.29 is 24.4 Å². The van der Waals surface area contributed by atoms with Gasteiger partial charge in [0.15, 0.2) is 0 Å². The third kappa shape index (κ3) is 2.83. The Labute approximate surface area is 109 Å². The largest absolute Gasteiger partial charge is 0.389 e. The SMILES string of the molecule is COOC(=O)c1cccn([C@H]2CCOC[C@H]2O)c1=O. The van der Waals surface area contributed by atoms with E-state index >= 15 is 0 Å². The van der Waals surface area contributed by atoms with Crippen molar-refractivity contribution >= 4 is 5.97 Å². The fourth-order valence-electron chi connectivity index (χ4n) is 2.08. The van der Waals surface area contributed by atoms with Crippen molar-refractivity contribution in [3.05, 3.63) is 34.2 Å². The molecule has 0 unspecified atom stereocenters. The number of aliphatic hydroxyl groups excluding tert-OH is 1. The lowest BCUT2D eigenvalue weighted by Gasteiger charge is -2.29. The van der Waals surface area contributed by atoms with E-state index in [0.29, 0.717) is 13.0 Å². The molecule has 104 valence electrons. The van der Waals surface area contributed by atoms with E-state index in [9.17, 15) is 14.7 Å². The van der Waals surface area contributed by atoms with Crippen LogP contribution < -0.4 is 5.56 Å². The van der Waals surface area contributed by atoms with Gasteiger partial charge < -0.3 is 14.4 Å². The van der Waals surface area contributed by atoms with Crippen LogP contribution in [0.25, 0.3) is 0 Å². The maximum atomic E-state index is 12.2. The van der Waals surface area contributed by atoms with Gasteiger partial charge in [0.2, 0.25) is 0 Å². The molecule has 2 rings (SSSR count). The van der Waals surface area contributed by atoms with Crippen LogP contribution in [0.2, 0.25) is 0 Å². The van der Waals surface area contributed by atoms with Crippen molar-refractivity contribution in [1.82, 2.24) is 4.57 Å². The molecule has 1 aliphatic heterocycles. The second kappa shape index (κ2) is 5.96. The molecule has 2 heterocycles. The first-order valence-corrected chi connectivity index (χ1v) is 5.87. The van der Waals surface area contributed by atoms with Gasteiger partial charge in [-0.25, -0.2) is 4.79 Å². The molecular weight excluding hydrogens is 254 g/mol. The summed E-state index contributed by atoms with van der Waals surface area (Å²) in [5.41, 5.74) is -0.654. The molecule has 0 saturated carbocycles. The van der Waals surface area contributed by atoms with Crippen LogP contribution in [0.1, 0.15) is 22.8 Å². The average molecular weight is 269 g/mol. The lowest BCUT2D eigenvalue weighted by molar-refractivity contribution is -0.216. The van der Waals surface area contributed by atoms with Gasteiger partial charge in [-0.2, -0.15) is 4.89 Å². The first-order valence-electron chi connectivity index (χ1n) is 5.87. The van der Waals surface area contributed by atoms with Gasteiger partial charge in [0.25, 0.3) is 5.56 Å². The van der Waals surface area contributed by atoms with Gasteiger partial charge in [0.1, 0.15) is 5.56 Å². The summed E-state index contributed by atoms with van der Waals surface area (Å²) in [5, 5.41) is 9.85. The van der Waals surface area contributed by atoms with E-state index in [0.717, 1.165) is 0 Å². The topological polar surface area (TPSA) is 87.0 Å². The van der Waals surface area contributed by atoms with Crippen LogP contribution in [-0.2, 0) is 14.5 Å². The predicted octanol–water partition coefficient (Wildman–Crippen LogP) is -0.111. The molecule has 1 saturated heterocycles. The number of aromatic nitrogens is 1. The number of carbonyl (C=O) groups is 1. The maximum Gasteiger partial charge on any atom is 0.378 e. The van der Waals surface area contributed by atoms with E-state index in [2.05, 4.69) is 9.78 Å². The summed E-state index contributed by atoms with van der Waals surface area (Å²) in [4.78, 5) is 32.3. The Kier molecular flexibility index (Phi) is 4.31. The van der Waals surface area contributed by atoms with E-state index in [-0.39, 0.29) is 12.2 Å². The van der Waals surface area contributed by atoms with Gasteiger partial charge in [-0.3, -0.25) is 9.68 Å². The van der Waals surface area contributed by atoms with Crippen molar-refractivity contribution in [3.63, 3.8) is 0 Å². The molecule has 1 aliphatic rings. The minimum absolute atomic E-state index is 0.136. The number of ether oxygens (including phenoxy) is 1. The van der Waals surface area contributed by atoms with Gasteiger partial charge in [-0.15, -0.1) is 0 Å². The second-order valence-electron chi connectivity index (χ2n) is 4.17. The van der Waals surface area contributed by atoms with Crippen LogP contribution >= 0.6 is 0 Å². The summed E-state index contributed by atoms with van der Waals surface area (Å²) in [6.45, 7) is 0.630. The van der Waals surface area contributed by atoms with Crippen molar-refractivity contribution in [1.29, 1.82) is 0 Å². The minimum Gasteiger partial charge on any atom is -0.389 e. The van der Waals surface area contributed by atoms with Crippen molar-refractivity contribution in [2.24, 2.45) is 0 Å². The summed E-state index contributed by atoms with van der Waals surface area (Å²) in [7, 11) is 1.18. The van der Waals surface area contributed by atoms with Gasteiger partial charge >= 0.3 is 5.97 Å². The van der Waals surface area contributed by atoms with E-state index in [4.69, 9.17) is 4.74 Å². The molecule has 7 nitrogen and oxygen atoms in total. The molecule has 0 radical (unpaired) electrons. The Morgan fingerprint density at radius 2 is 2.37 bits per heavy atom. The van der Waals surface area contributed by atoms with Crippen LogP contribution in [0.5, 0.6) is 0 Å². The average Bonchev–Trinajstić information content (AvgIpc) is 2.40. The Balaban J connectivity index is 2.34. The number of hydrogen-bond donors (Lipinski definition) is 1. The minimum atomic E-state index is -0.858. The number of rotatable bonds is 3. The van der Waals surface area contributed by atoms with Crippen molar-refractivity contribution in [3.8, 4) is 0 Å². The molecule has 1 aromatic rings. The Morgan fingerprint density at radius 1 is 1.58 bits per heavy atom. The lowest BCUT2D eigenvalue weighted by Crippen LogP contribution is -2.40. The molecule has 1 aromatic heterocycles. The van der Waals surface area contributed by atoms with Gasteiger partial charge in [0, 0.05) is 12.8 Å². The first kappa shape index (κ1) is 13.7. The summed E-state index contributed by atoms with van der Waals surface area (Å²) in [6, 6.07) is 2.50. The van der Waals surface area contributed by atoms with Gasteiger partial charge in [-0.1, -0.05) is 0 Å². The zero-order valence-corrected chi connectivity index (χ0v) is 10.4. The van der Waals surface area contributed by atoms with E-state index in [1.165, 1.54) is 23.9 Å². The van der Waals surface area contributed by atoms with Gasteiger partial charge in [0.05, 0.1) is 25.9 Å². The molecule has 2 atom stereocenters. The molecule has 19 heavy (non-hydrogen) atoms. The lowest BCUT2D eigenvalue weighted by atomic mass is 10.1. The summed E-state index contributed by atoms with van der Waals surface area (Å²) in [6.07, 6.45) is 1.26. The zero-order chi connectivity index (χ0) is 13.8. The van der Waals surface area contributed by atoms with Crippen molar-refractivity contribution in [2.75, 3.05) is 20.3 Å². The molecule has 0 spiro atoms. The fourth-order valence-corrected chi connectivity index (χ4v) is 2.08. The van der Waals surface area contributed by atoms with E-state index in [1.54, 1.807) is 6.07 Å². The standard InChI is InChI=1S/C12H15NO6/c1-17-19-12(16)8-3-2-5-13(11(8)15)9-4-6-18-7-10(9)14/h2-3,5,9-10,14H,4,6-7H2,1H3/t9-,10+/m0/s1. The Bertz CT molecular complexity index is 511. The highest BCUT2D eigenvalue weighted by molar-refractivity contribution is 5.88. The smallest absolute Gasteiger partial charge is 0.378 e. The quantitative estimate of drug-likeness (QED) is 0.608. The third-order valence-electron chi connectivity index (χ3n) is 3.00. The third-order valence-corrected chi connectivity index (χ3v) is 3.00. The molecule has 0 aromatic carbocycles. The number of hydrogen-bond acceptors (Lipinski definition) is 6. The van der Waals surface area contributed by atoms with Crippen LogP contribution in [0, 0.1) is 0 Å². The Hall–Kier alpha value is -1.70. The van der Waals surface area contributed by atoms with Crippen LogP contribution in [-0.4, -0.2) is 42.1 Å². The predicted molar refractivity (Wildman–Crippen MR) is 63.6 cm³/mol. The number of carbonyl (C=O) groups excluding carboxylic acids is 1. The molecule has 1 fully saturated rings. The molecule has 0 aliphatic carbocycles. The zero-order valence-electron chi connectivity index (χ0n) is 10.4. The summed E-state index contributed by atoms with van der Waals surface area (Å²) < 4.78 is 6.45. The number of nitrogens with zero attached hydrogens (tertiary/aromatic N) is 1. The highest BCUT2D eigenvalue weighted by Crippen LogP contribution is 2.19. The summed E-state index contributed by atoms with van der Waals surface area (Å²) in [5.74, 6) is -0.858. The van der Waals surface area contributed by atoms with Gasteiger partial charge in [-0.05, 0) is 18.6 Å². The summed E-state index contributed by atoms with van der Waals surface area (Å²) >= 11 is 0. The number of pyridine rings is 1. The molecule has 0 bridgehead atoms. The van der Waals surface area contributed by atoms with Crippen LogP contribution in [0.3, 0.4) is 0 Å². The first-order chi connectivity index (χ1) is 9.15. The molecular formula is C12H15NO6.